The fourth-order valence-electron chi connectivity index (χ4n) is 3.42. The quantitative estimate of drug-likeness (QED) is 0.332. The number of carbonyl (C=O) groups is 2. The predicted octanol–water partition coefficient (Wildman–Crippen LogP) is 4.37. The van der Waals surface area contributed by atoms with Crippen molar-refractivity contribution in [2.24, 2.45) is 0 Å². The number of benzene rings is 3. The Bertz CT molecular complexity index is 1490. The van der Waals surface area contributed by atoms with Gasteiger partial charge in [-0.2, -0.15) is 0 Å². The molecule has 0 aliphatic heterocycles. The number of para-hydroxylation sites is 1. The number of aromatic nitrogens is 1. The third-order valence-electron chi connectivity index (χ3n) is 5.30. The van der Waals surface area contributed by atoms with E-state index in [1.807, 2.05) is 13.0 Å². The molecule has 0 radical (unpaired) electrons. The molecule has 0 aliphatic rings. The zero-order valence-electron chi connectivity index (χ0n) is 19.4. The minimum atomic E-state index is -3.82. The molecule has 0 spiro atoms. The van der Waals surface area contributed by atoms with E-state index in [9.17, 15) is 18.0 Å². The number of nitrogens with zero attached hydrogens (tertiary/aromatic N) is 1. The number of rotatable bonds is 8. The standard InChI is InChI=1S/C27H24N4O4S/c1-19-11-13-23(14-12-19)36(34,35)31-22-8-4-7-21(16-22)26(32)30-25-10-3-2-9-24(25)27(33)29-18-20-6-5-15-28-17-20/h2-17,31H,18H2,1H3,(H,29,33)(H,30,32). The van der Waals surface area contributed by atoms with Crippen molar-refractivity contribution < 1.29 is 18.0 Å². The van der Waals surface area contributed by atoms with Crippen LogP contribution in [0.25, 0.3) is 0 Å². The molecule has 0 saturated heterocycles. The smallest absolute Gasteiger partial charge is 0.261 e. The zero-order valence-corrected chi connectivity index (χ0v) is 20.2. The molecule has 36 heavy (non-hydrogen) atoms. The lowest BCUT2D eigenvalue weighted by atomic mass is 10.1. The maximum absolute atomic E-state index is 13.0. The van der Waals surface area contributed by atoms with Crippen molar-refractivity contribution in [3.8, 4) is 0 Å². The maximum atomic E-state index is 13.0. The van der Waals surface area contributed by atoms with Gasteiger partial charge < -0.3 is 10.6 Å². The van der Waals surface area contributed by atoms with Gasteiger partial charge in [-0.05, 0) is 61.0 Å². The molecule has 0 unspecified atom stereocenters. The first-order valence-electron chi connectivity index (χ1n) is 11.1. The molecule has 4 aromatic rings. The van der Waals surface area contributed by atoms with Crippen LogP contribution in [0.1, 0.15) is 31.8 Å². The van der Waals surface area contributed by atoms with E-state index in [1.165, 1.54) is 18.2 Å². The van der Waals surface area contributed by atoms with Crippen LogP contribution in [0.2, 0.25) is 0 Å². The van der Waals surface area contributed by atoms with Gasteiger partial charge in [0, 0.05) is 30.2 Å². The molecule has 0 atom stereocenters. The summed E-state index contributed by atoms with van der Waals surface area (Å²) in [5.74, 6) is -0.840. The van der Waals surface area contributed by atoms with Gasteiger partial charge >= 0.3 is 0 Å². The minimum absolute atomic E-state index is 0.120. The Balaban J connectivity index is 1.47. The molecule has 8 nitrogen and oxygen atoms in total. The van der Waals surface area contributed by atoms with E-state index in [0.29, 0.717) is 11.3 Å². The van der Waals surface area contributed by atoms with Crippen molar-refractivity contribution in [2.75, 3.05) is 10.0 Å². The van der Waals surface area contributed by atoms with Gasteiger partial charge in [0.25, 0.3) is 21.8 Å². The molecule has 9 heteroatoms. The summed E-state index contributed by atoms with van der Waals surface area (Å²) >= 11 is 0. The van der Waals surface area contributed by atoms with Gasteiger partial charge in [0.05, 0.1) is 16.1 Å². The van der Waals surface area contributed by atoms with Gasteiger partial charge in [0.15, 0.2) is 0 Å². The number of aryl methyl sites for hydroxylation is 1. The fourth-order valence-corrected chi connectivity index (χ4v) is 4.47. The number of anilines is 2. The van der Waals surface area contributed by atoms with Crippen LogP contribution >= 0.6 is 0 Å². The molecular weight excluding hydrogens is 476 g/mol. The molecule has 2 amide bonds. The Hall–Kier alpha value is -4.50. The largest absolute Gasteiger partial charge is 0.348 e. The van der Waals surface area contributed by atoms with Gasteiger partial charge in [-0.3, -0.25) is 19.3 Å². The van der Waals surface area contributed by atoms with Crippen LogP contribution < -0.4 is 15.4 Å². The normalized spacial score (nSPS) is 10.9. The van der Waals surface area contributed by atoms with Gasteiger partial charge in [0.1, 0.15) is 0 Å². The number of nitrogens with one attached hydrogen (secondary N) is 3. The second-order valence-corrected chi connectivity index (χ2v) is 9.73. The highest BCUT2D eigenvalue weighted by Gasteiger charge is 2.17. The topological polar surface area (TPSA) is 117 Å². The van der Waals surface area contributed by atoms with Crippen LogP contribution in [-0.2, 0) is 16.6 Å². The summed E-state index contributed by atoms with van der Waals surface area (Å²) in [7, 11) is -3.82. The van der Waals surface area contributed by atoms with Crippen LogP contribution in [0, 0.1) is 6.92 Å². The Morgan fingerprint density at radius 1 is 0.861 bits per heavy atom. The monoisotopic (exact) mass is 500 g/mol. The summed E-state index contributed by atoms with van der Waals surface area (Å²) < 4.78 is 27.9. The lowest BCUT2D eigenvalue weighted by Gasteiger charge is -2.13. The number of pyridine rings is 1. The summed E-state index contributed by atoms with van der Waals surface area (Å²) in [6, 6.07) is 22.9. The predicted molar refractivity (Wildman–Crippen MR) is 138 cm³/mol. The summed E-state index contributed by atoms with van der Waals surface area (Å²) in [4.78, 5) is 29.9. The first-order chi connectivity index (χ1) is 17.3. The highest BCUT2D eigenvalue weighted by molar-refractivity contribution is 7.92. The molecule has 0 aliphatic carbocycles. The van der Waals surface area contributed by atoms with E-state index in [0.717, 1.165) is 11.1 Å². The summed E-state index contributed by atoms with van der Waals surface area (Å²) in [5.41, 5.74) is 2.88. The first-order valence-corrected chi connectivity index (χ1v) is 12.6. The lowest BCUT2D eigenvalue weighted by Crippen LogP contribution is -2.25. The summed E-state index contributed by atoms with van der Waals surface area (Å²) in [5, 5.41) is 5.56. The average molecular weight is 501 g/mol. The number of amides is 2. The molecule has 0 fully saturated rings. The van der Waals surface area contributed by atoms with Crippen LogP contribution in [0.15, 0.2) is 102 Å². The molecule has 1 heterocycles. The van der Waals surface area contributed by atoms with E-state index < -0.39 is 15.9 Å². The summed E-state index contributed by atoms with van der Waals surface area (Å²) in [6.45, 7) is 2.16. The summed E-state index contributed by atoms with van der Waals surface area (Å²) in [6.07, 6.45) is 3.31. The Morgan fingerprint density at radius 3 is 2.39 bits per heavy atom. The van der Waals surface area contributed by atoms with Crippen LogP contribution in [-0.4, -0.2) is 25.2 Å². The Morgan fingerprint density at radius 2 is 1.64 bits per heavy atom. The van der Waals surface area contributed by atoms with E-state index in [1.54, 1.807) is 73.1 Å². The van der Waals surface area contributed by atoms with Crippen molar-refractivity contribution in [3.63, 3.8) is 0 Å². The number of sulfonamides is 1. The van der Waals surface area contributed by atoms with Crippen LogP contribution in [0.5, 0.6) is 0 Å². The molecule has 182 valence electrons. The van der Waals surface area contributed by atoms with Crippen molar-refractivity contribution in [3.05, 3.63) is 120 Å². The molecular formula is C27H24N4O4S. The van der Waals surface area contributed by atoms with Crippen molar-refractivity contribution in [1.82, 2.24) is 10.3 Å². The van der Waals surface area contributed by atoms with E-state index in [2.05, 4.69) is 20.3 Å². The third-order valence-corrected chi connectivity index (χ3v) is 6.70. The number of carbonyl (C=O) groups excluding carboxylic acids is 2. The Kier molecular flexibility index (Phi) is 7.41. The molecule has 0 saturated carbocycles. The SMILES string of the molecule is Cc1ccc(S(=O)(=O)Nc2cccc(C(=O)Nc3ccccc3C(=O)NCc3cccnc3)c2)cc1. The van der Waals surface area contributed by atoms with E-state index in [-0.39, 0.29) is 28.6 Å². The maximum Gasteiger partial charge on any atom is 0.261 e. The number of hydrogen-bond donors (Lipinski definition) is 3. The van der Waals surface area contributed by atoms with Gasteiger partial charge in [-0.15, -0.1) is 0 Å². The second kappa shape index (κ2) is 10.8. The van der Waals surface area contributed by atoms with E-state index >= 15 is 0 Å². The van der Waals surface area contributed by atoms with Crippen molar-refractivity contribution in [2.45, 2.75) is 18.4 Å². The molecule has 0 bridgehead atoms. The highest BCUT2D eigenvalue weighted by atomic mass is 32.2. The van der Waals surface area contributed by atoms with Crippen molar-refractivity contribution in [1.29, 1.82) is 0 Å². The van der Waals surface area contributed by atoms with Gasteiger partial charge in [-0.25, -0.2) is 8.42 Å². The molecule has 3 aromatic carbocycles. The van der Waals surface area contributed by atoms with E-state index in [4.69, 9.17) is 0 Å². The van der Waals surface area contributed by atoms with Gasteiger partial charge in [0.2, 0.25) is 0 Å². The fraction of sp³-hybridized carbons (Fsp3) is 0.0741. The molecule has 3 N–H and O–H groups in total. The molecule has 1 aromatic heterocycles. The average Bonchev–Trinajstić information content (AvgIpc) is 2.88. The first kappa shape index (κ1) is 24.6. The third kappa shape index (κ3) is 6.13. The molecule has 4 rings (SSSR count). The van der Waals surface area contributed by atoms with Gasteiger partial charge in [-0.1, -0.05) is 42.0 Å². The Labute approximate surface area is 209 Å². The highest BCUT2D eigenvalue weighted by Crippen LogP contribution is 2.20. The zero-order chi connectivity index (χ0) is 25.5. The second-order valence-electron chi connectivity index (χ2n) is 8.04. The van der Waals surface area contributed by atoms with Crippen LogP contribution in [0.3, 0.4) is 0 Å². The van der Waals surface area contributed by atoms with Crippen molar-refractivity contribution >= 4 is 33.2 Å². The number of hydrogen-bond acceptors (Lipinski definition) is 5. The van der Waals surface area contributed by atoms with Crippen LogP contribution in [0.4, 0.5) is 11.4 Å². The lowest BCUT2D eigenvalue weighted by molar-refractivity contribution is 0.0951. The minimum Gasteiger partial charge on any atom is -0.348 e.